The Kier molecular flexibility index (Phi) is 4.71. The summed E-state index contributed by atoms with van der Waals surface area (Å²) in [6.07, 6.45) is 0. The number of hydrogen-bond donors (Lipinski definition) is 0. The first-order valence-electron chi connectivity index (χ1n) is 7.39. The summed E-state index contributed by atoms with van der Waals surface area (Å²) in [5.41, 5.74) is 3.09. The van der Waals surface area contributed by atoms with E-state index in [0.717, 1.165) is 11.3 Å². The molecule has 23 heavy (non-hydrogen) atoms. The zero-order valence-electron chi connectivity index (χ0n) is 13.0. The lowest BCUT2D eigenvalue weighted by atomic mass is 10.0. The Morgan fingerprint density at radius 3 is 2.61 bits per heavy atom. The Hall–Kier alpha value is -2.21. The molecule has 0 radical (unpaired) electrons. The molecule has 3 aromatic rings. The summed E-state index contributed by atoms with van der Waals surface area (Å²) in [5, 5.41) is 12.6. The van der Waals surface area contributed by atoms with Gasteiger partial charge in [0.1, 0.15) is 5.82 Å². The fourth-order valence-electron chi connectivity index (χ4n) is 2.21. The minimum absolute atomic E-state index is 0.230. The summed E-state index contributed by atoms with van der Waals surface area (Å²) < 4.78 is 14.9. The van der Waals surface area contributed by atoms with Gasteiger partial charge in [0.05, 0.1) is 5.69 Å². The smallest absolute Gasteiger partial charge is 0.207 e. The molecule has 0 saturated heterocycles. The van der Waals surface area contributed by atoms with E-state index in [0.29, 0.717) is 16.8 Å². The van der Waals surface area contributed by atoms with Gasteiger partial charge in [-0.1, -0.05) is 49.9 Å². The Bertz CT molecular complexity index is 783. The van der Waals surface area contributed by atoms with E-state index in [2.05, 4.69) is 41.5 Å². The number of halogens is 1. The highest BCUT2D eigenvalue weighted by Gasteiger charge is 2.10. The topological polar surface area (TPSA) is 43.6 Å². The molecule has 0 aliphatic carbocycles. The normalized spacial score (nSPS) is 11.1. The van der Waals surface area contributed by atoms with Gasteiger partial charge >= 0.3 is 0 Å². The molecule has 3 rings (SSSR count). The van der Waals surface area contributed by atoms with Crippen LogP contribution >= 0.6 is 11.8 Å². The molecular weight excluding hydrogens is 311 g/mol. The third kappa shape index (κ3) is 3.76. The van der Waals surface area contributed by atoms with Crippen molar-refractivity contribution >= 4 is 11.8 Å². The van der Waals surface area contributed by atoms with Crippen molar-refractivity contribution in [2.24, 2.45) is 0 Å². The van der Waals surface area contributed by atoms with Gasteiger partial charge in [0.15, 0.2) is 0 Å². The highest BCUT2D eigenvalue weighted by atomic mass is 32.2. The third-order valence-electron chi connectivity index (χ3n) is 3.50. The summed E-state index contributed by atoms with van der Waals surface area (Å²) in [5.74, 6) is 0.870. The van der Waals surface area contributed by atoms with Crippen molar-refractivity contribution in [1.82, 2.24) is 20.2 Å². The van der Waals surface area contributed by atoms with E-state index >= 15 is 0 Å². The average Bonchev–Trinajstić information content (AvgIpc) is 3.01. The van der Waals surface area contributed by atoms with E-state index in [1.807, 2.05) is 18.2 Å². The molecule has 1 aromatic heterocycles. The second kappa shape index (κ2) is 6.91. The summed E-state index contributed by atoms with van der Waals surface area (Å²) in [4.78, 5) is 0. The van der Waals surface area contributed by atoms with Gasteiger partial charge in [-0.25, -0.2) is 4.39 Å². The molecule has 0 aliphatic rings. The van der Waals surface area contributed by atoms with Crippen molar-refractivity contribution in [1.29, 1.82) is 0 Å². The van der Waals surface area contributed by atoms with E-state index in [1.54, 1.807) is 10.7 Å². The molecule has 0 amide bonds. The maximum absolute atomic E-state index is 13.2. The molecule has 6 heteroatoms. The van der Waals surface area contributed by atoms with Crippen LogP contribution in [0.15, 0.2) is 53.7 Å². The first kappa shape index (κ1) is 15.7. The number of nitrogens with zero attached hydrogens (tertiary/aromatic N) is 4. The fraction of sp³-hybridized carbons (Fsp3) is 0.235. The number of aromatic nitrogens is 4. The highest BCUT2D eigenvalue weighted by molar-refractivity contribution is 7.98. The fourth-order valence-corrected chi connectivity index (χ4v) is 3.04. The van der Waals surface area contributed by atoms with Crippen molar-refractivity contribution in [3.8, 4) is 5.69 Å². The number of thioether (sulfide) groups is 1. The molecule has 118 valence electrons. The maximum atomic E-state index is 13.2. The van der Waals surface area contributed by atoms with E-state index in [1.165, 1.54) is 29.5 Å². The van der Waals surface area contributed by atoms with Gasteiger partial charge in [0.25, 0.3) is 0 Å². The number of rotatable bonds is 5. The van der Waals surface area contributed by atoms with Gasteiger partial charge in [-0.2, -0.15) is 4.68 Å². The molecule has 1 heterocycles. The lowest BCUT2D eigenvalue weighted by Crippen LogP contribution is -2.00. The zero-order valence-corrected chi connectivity index (χ0v) is 13.8. The molecule has 0 fully saturated rings. The molecule has 0 aliphatic heterocycles. The van der Waals surface area contributed by atoms with Crippen LogP contribution in [0.2, 0.25) is 0 Å². The van der Waals surface area contributed by atoms with Crippen LogP contribution in [-0.2, 0) is 5.75 Å². The lowest BCUT2D eigenvalue weighted by Gasteiger charge is -2.08. The molecule has 2 aromatic carbocycles. The molecule has 0 saturated carbocycles. The van der Waals surface area contributed by atoms with Gasteiger partial charge < -0.3 is 0 Å². The van der Waals surface area contributed by atoms with E-state index in [4.69, 9.17) is 0 Å². The highest BCUT2D eigenvalue weighted by Crippen LogP contribution is 2.23. The van der Waals surface area contributed by atoms with Crippen LogP contribution < -0.4 is 0 Å². The van der Waals surface area contributed by atoms with E-state index in [9.17, 15) is 4.39 Å². The van der Waals surface area contributed by atoms with Gasteiger partial charge in [0, 0.05) is 5.75 Å². The quantitative estimate of drug-likeness (QED) is 0.658. The van der Waals surface area contributed by atoms with Gasteiger partial charge in [0.2, 0.25) is 5.16 Å². The van der Waals surface area contributed by atoms with Gasteiger partial charge in [-0.3, -0.25) is 0 Å². The lowest BCUT2D eigenvalue weighted by molar-refractivity contribution is 0.626. The molecular formula is C17H17FN4S. The number of hydrogen-bond acceptors (Lipinski definition) is 4. The van der Waals surface area contributed by atoms with Crippen molar-refractivity contribution in [2.45, 2.75) is 30.7 Å². The first-order chi connectivity index (χ1) is 11.1. The van der Waals surface area contributed by atoms with E-state index < -0.39 is 0 Å². The Morgan fingerprint density at radius 1 is 1.13 bits per heavy atom. The van der Waals surface area contributed by atoms with Gasteiger partial charge in [-0.05, 0) is 51.7 Å². The molecule has 0 N–H and O–H groups in total. The van der Waals surface area contributed by atoms with Crippen LogP contribution in [0.1, 0.15) is 30.9 Å². The second-order valence-corrected chi connectivity index (χ2v) is 6.48. The molecule has 0 atom stereocenters. The predicted octanol–water partition coefficient (Wildman–Crippen LogP) is 4.22. The third-order valence-corrected chi connectivity index (χ3v) is 4.49. The number of tetrazole rings is 1. The standard InChI is InChI=1S/C17H17FN4S/c1-12(2)14-6-8-16(9-7-14)22-17(19-20-21-22)23-11-13-4-3-5-15(18)10-13/h3-10,12H,11H2,1-2H3. The molecule has 4 nitrogen and oxygen atoms in total. The van der Waals surface area contributed by atoms with Crippen LogP contribution in [0.4, 0.5) is 4.39 Å². The summed E-state index contributed by atoms with van der Waals surface area (Å²) in [7, 11) is 0. The van der Waals surface area contributed by atoms with Crippen LogP contribution in [0.3, 0.4) is 0 Å². The Morgan fingerprint density at radius 2 is 1.91 bits per heavy atom. The van der Waals surface area contributed by atoms with Crippen molar-refractivity contribution in [3.63, 3.8) is 0 Å². The molecule has 0 unspecified atom stereocenters. The summed E-state index contributed by atoms with van der Waals surface area (Å²) in [6, 6.07) is 14.8. The Balaban J connectivity index is 1.76. The summed E-state index contributed by atoms with van der Waals surface area (Å²) in [6.45, 7) is 4.32. The first-order valence-corrected chi connectivity index (χ1v) is 8.38. The minimum atomic E-state index is -0.230. The van der Waals surface area contributed by atoms with Crippen molar-refractivity contribution < 1.29 is 4.39 Å². The van der Waals surface area contributed by atoms with Crippen molar-refractivity contribution in [2.75, 3.05) is 0 Å². The molecule has 0 bridgehead atoms. The average molecular weight is 328 g/mol. The van der Waals surface area contributed by atoms with Crippen LogP contribution in [0.25, 0.3) is 5.69 Å². The Labute approximate surface area is 138 Å². The van der Waals surface area contributed by atoms with Crippen LogP contribution in [0, 0.1) is 5.82 Å². The predicted molar refractivity (Wildman–Crippen MR) is 89.2 cm³/mol. The monoisotopic (exact) mass is 328 g/mol. The van der Waals surface area contributed by atoms with E-state index in [-0.39, 0.29) is 5.82 Å². The largest absolute Gasteiger partial charge is 0.214 e. The minimum Gasteiger partial charge on any atom is -0.207 e. The molecule has 0 spiro atoms. The van der Waals surface area contributed by atoms with Gasteiger partial charge in [-0.15, -0.1) is 5.10 Å². The number of benzene rings is 2. The maximum Gasteiger partial charge on any atom is 0.214 e. The van der Waals surface area contributed by atoms with Crippen molar-refractivity contribution in [3.05, 3.63) is 65.5 Å². The summed E-state index contributed by atoms with van der Waals surface area (Å²) >= 11 is 1.48. The SMILES string of the molecule is CC(C)c1ccc(-n2nnnc2SCc2cccc(F)c2)cc1. The van der Waals surface area contributed by atoms with Crippen LogP contribution in [-0.4, -0.2) is 20.2 Å². The second-order valence-electron chi connectivity index (χ2n) is 5.54. The zero-order chi connectivity index (χ0) is 16.2. The van der Waals surface area contributed by atoms with Crippen LogP contribution in [0.5, 0.6) is 0 Å².